The van der Waals surface area contributed by atoms with Crippen molar-refractivity contribution in [3.63, 3.8) is 0 Å². The lowest BCUT2D eigenvalue weighted by atomic mass is 10.1. The van der Waals surface area contributed by atoms with Crippen molar-refractivity contribution in [1.29, 1.82) is 0 Å². The number of pyridine rings is 1. The number of carbonyl (C=O) groups excluding carboxylic acids is 1. The maximum Gasteiger partial charge on any atom is 0.255 e. The Hall–Kier alpha value is -3.14. The predicted molar refractivity (Wildman–Crippen MR) is 111 cm³/mol. The van der Waals surface area contributed by atoms with Crippen LogP contribution in [0.2, 0.25) is 0 Å². The highest BCUT2D eigenvalue weighted by molar-refractivity contribution is 6.05. The molecule has 0 radical (unpaired) electrons. The van der Waals surface area contributed by atoms with Gasteiger partial charge in [0.05, 0.1) is 0 Å². The van der Waals surface area contributed by atoms with Gasteiger partial charge in [-0.05, 0) is 50.1 Å². The van der Waals surface area contributed by atoms with E-state index in [9.17, 15) is 4.79 Å². The van der Waals surface area contributed by atoms with Gasteiger partial charge in [0, 0.05) is 30.0 Å². The Balaban J connectivity index is 1.82. The average molecular weight is 359 g/mol. The summed E-state index contributed by atoms with van der Waals surface area (Å²) < 4.78 is 0. The zero-order valence-electron chi connectivity index (χ0n) is 16.0. The molecule has 1 N–H and O–H groups in total. The second kappa shape index (κ2) is 8.49. The summed E-state index contributed by atoms with van der Waals surface area (Å²) in [5, 5.41) is 2.99. The van der Waals surface area contributed by atoms with E-state index in [2.05, 4.69) is 41.2 Å². The topological polar surface area (TPSA) is 45.2 Å². The fraction of sp³-hybridized carbons (Fsp3) is 0.217. The second-order valence-corrected chi connectivity index (χ2v) is 6.88. The smallest absolute Gasteiger partial charge is 0.255 e. The van der Waals surface area contributed by atoms with Crippen LogP contribution in [0.5, 0.6) is 0 Å². The molecule has 4 nitrogen and oxygen atoms in total. The summed E-state index contributed by atoms with van der Waals surface area (Å²) in [4.78, 5) is 19.4. The van der Waals surface area contributed by atoms with Crippen LogP contribution in [-0.2, 0) is 6.54 Å². The van der Waals surface area contributed by atoms with Crippen LogP contribution in [0.15, 0.2) is 72.9 Å². The molecule has 0 aliphatic heterocycles. The zero-order valence-corrected chi connectivity index (χ0v) is 16.0. The van der Waals surface area contributed by atoms with Crippen molar-refractivity contribution in [2.75, 3.05) is 10.2 Å². The monoisotopic (exact) mass is 359 g/mol. The molecule has 1 aromatic heterocycles. The molecule has 3 aromatic rings. The van der Waals surface area contributed by atoms with Crippen molar-refractivity contribution in [3.8, 4) is 0 Å². The minimum Gasteiger partial charge on any atom is -0.350 e. The fourth-order valence-electron chi connectivity index (χ4n) is 2.93. The molecule has 27 heavy (non-hydrogen) atoms. The number of rotatable bonds is 6. The van der Waals surface area contributed by atoms with Gasteiger partial charge in [-0.1, -0.05) is 48.5 Å². The van der Waals surface area contributed by atoms with Crippen molar-refractivity contribution in [2.24, 2.45) is 0 Å². The van der Waals surface area contributed by atoms with Crippen LogP contribution in [0.1, 0.15) is 35.3 Å². The molecule has 0 saturated carbocycles. The van der Waals surface area contributed by atoms with Gasteiger partial charge in [-0.3, -0.25) is 4.79 Å². The van der Waals surface area contributed by atoms with Crippen LogP contribution in [0.25, 0.3) is 0 Å². The molecule has 1 heterocycles. The highest BCUT2D eigenvalue weighted by Crippen LogP contribution is 2.20. The molecule has 2 aromatic carbocycles. The van der Waals surface area contributed by atoms with Gasteiger partial charge >= 0.3 is 0 Å². The van der Waals surface area contributed by atoms with E-state index in [-0.39, 0.29) is 11.9 Å². The number of nitrogens with one attached hydrogen (secondary N) is 1. The van der Waals surface area contributed by atoms with E-state index in [1.807, 2.05) is 55.5 Å². The van der Waals surface area contributed by atoms with Gasteiger partial charge in [-0.15, -0.1) is 0 Å². The largest absolute Gasteiger partial charge is 0.350 e. The van der Waals surface area contributed by atoms with Gasteiger partial charge in [0.2, 0.25) is 0 Å². The van der Waals surface area contributed by atoms with Gasteiger partial charge in [-0.25, -0.2) is 4.98 Å². The lowest BCUT2D eigenvalue weighted by Crippen LogP contribution is -2.31. The molecule has 0 aliphatic rings. The molecule has 0 saturated heterocycles. The lowest BCUT2D eigenvalue weighted by molar-refractivity contribution is 0.102. The van der Waals surface area contributed by atoms with E-state index in [0.717, 1.165) is 23.6 Å². The number of aryl methyl sites for hydroxylation is 1. The molecule has 138 valence electrons. The van der Waals surface area contributed by atoms with E-state index >= 15 is 0 Å². The van der Waals surface area contributed by atoms with Gasteiger partial charge in [0.1, 0.15) is 5.82 Å². The van der Waals surface area contributed by atoms with Crippen LogP contribution < -0.4 is 10.2 Å². The number of hydrogen-bond acceptors (Lipinski definition) is 3. The predicted octanol–water partition coefficient (Wildman–Crippen LogP) is 5.06. The fourth-order valence-corrected chi connectivity index (χ4v) is 2.93. The molecule has 1 amide bonds. The number of benzene rings is 2. The van der Waals surface area contributed by atoms with Crippen molar-refractivity contribution >= 4 is 17.4 Å². The first kappa shape index (κ1) is 18.6. The van der Waals surface area contributed by atoms with Crippen LogP contribution in [-0.4, -0.2) is 16.9 Å². The molecule has 3 rings (SSSR count). The van der Waals surface area contributed by atoms with E-state index in [0.29, 0.717) is 5.56 Å². The highest BCUT2D eigenvalue weighted by atomic mass is 16.1. The number of anilines is 2. The van der Waals surface area contributed by atoms with Gasteiger partial charge < -0.3 is 10.2 Å². The third-order valence-electron chi connectivity index (χ3n) is 4.51. The first-order valence-corrected chi connectivity index (χ1v) is 9.18. The molecule has 4 heteroatoms. The Labute approximate surface area is 160 Å². The second-order valence-electron chi connectivity index (χ2n) is 6.88. The van der Waals surface area contributed by atoms with Crippen LogP contribution in [0.3, 0.4) is 0 Å². The normalized spacial score (nSPS) is 10.7. The Morgan fingerprint density at radius 3 is 2.44 bits per heavy atom. The minimum atomic E-state index is -0.128. The molecule has 0 aliphatic carbocycles. The molecule has 0 unspecified atom stereocenters. The Morgan fingerprint density at radius 1 is 1.04 bits per heavy atom. The van der Waals surface area contributed by atoms with Crippen LogP contribution in [0.4, 0.5) is 11.5 Å². The molecular formula is C23H25N3O. The highest BCUT2D eigenvalue weighted by Gasteiger charge is 2.15. The van der Waals surface area contributed by atoms with Crippen LogP contribution in [0, 0.1) is 6.92 Å². The summed E-state index contributed by atoms with van der Waals surface area (Å²) >= 11 is 0. The summed E-state index contributed by atoms with van der Waals surface area (Å²) in [6.45, 7) is 6.98. The van der Waals surface area contributed by atoms with E-state index in [1.165, 1.54) is 5.56 Å². The SMILES string of the molecule is Cc1ccccc1NC(=O)c1ccnc(N(Cc2ccccc2)C(C)C)c1. The van der Waals surface area contributed by atoms with E-state index < -0.39 is 0 Å². The Bertz CT molecular complexity index is 906. The molecule has 0 atom stereocenters. The lowest BCUT2D eigenvalue weighted by Gasteiger charge is -2.28. The summed E-state index contributed by atoms with van der Waals surface area (Å²) in [7, 11) is 0. The molecule has 0 spiro atoms. The Kier molecular flexibility index (Phi) is 5.87. The number of amides is 1. The number of para-hydroxylation sites is 1. The number of aromatic nitrogens is 1. The standard InChI is InChI=1S/C23H25N3O/c1-17(2)26(16-19-10-5-4-6-11-19)22-15-20(13-14-24-22)23(27)25-21-12-8-7-9-18(21)3/h4-15,17H,16H2,1-3H3,(H,25,27). The maximum absolute atomic E-state index is 12.7. The summed E-state index contributed by atoms with van der Waals surface area (Å²) in [5.74, 6) is 0.669. The summed E-state index contributed by atoms with van der Waals surface area (Å²) in [6.07, 6.45) is 1.70. The van der Waals surface area contributed by atoms with Gasteiger partial charge in [0.25, 0.3) is 5.91 Å². The zero-order chi connectivity index (χ0) is 19.2. The van der Waals surface area contributed by atoms with Crippen molar-refractivity contribution in [3.05, 3.63) is 89.6 Å². The molecule has 0 bridgehead atoms. The summed E-state index contributed by atoms with van der Waals surface area (Å²) in [6, 6.07) is 21.9. The average Bonchev–Trinajstić information content (AvgIpc) is 2.68. The van der Waals surface area contributed by atoms with Crippen molar-refractivity contribution in [1.82, 2.24) is 4.98 Å². The maximum atomic E-state index is 12.7. The molecular weight excluding hydrogens is 334 g/mol. The minimum absolute atomic E-state index is 0.128. The van der Waals surface area contributed by atoms with Gasteiger partial charge in [-0.2, -0.15) is 0 Å². The van der Waals surface area contributed by atoms with Crippen molar-refractivity contribution in [2.45, 2.75) is 33.4 Å². The number of carbonyl (C=O) groups is 1. The quantitative estimate of drug-likeness (QED) is 0.669. The summed E-state index contributed by atoms with van der Waals surface area (Å²) in [5.41, 5.74) is 3.67. The third-order valence-corrected chi connectivity index (χ3v) is 4.51. The first-order chi connectivity index (χ1) is 13.0. The molecule has 0 fully saturated rings. The van der Waals surface area contributed by atoms with Gasteiger partial charge in [0.15, 0.2) is 0 Å². The third kappa shape index (κ3) is 4.73. The number of hydrogen-bond donors (Lipinski definition) is 1. The van der Waals surface area contributed by atoms with Crippen molar-refractivity contribution < 1.29 is 4.79 Å². The Morgan fingerprint density at radius 2 is 1.74 bits per heavy atom. The number of nitrogens with zero attached hydrogens (tertiary/aromatic N) is 2. The van der Waals surface area contributed by atoms with Crippen LogP contribution >= 0.6 is 0 Å². The van der Waals surface area contributed by atoms with E-state index in [4.69, 9.17) is 0 Å². The van der Waals surface area contributed by atoms with E-state index in [1.54, 1.807) is 12.3 Å². The first-order valence-electron chi connectivity index (χ1n) is 9.18.